The first-order valence-corrected chi connectivity index (χ1v) is 6.99. The number of ether oxygens (including phenoxy) is 1. The van der Waals surface area contributed by atoms with Crippen molar-refractivity contribution in [2.45, 2.75) is 6.18 Å². The van der Waals surface area contributed by atoms with Gasteiger partial charge in [0, 0.05) is 16.7 Å². The molecule has 0 aliphatic rings. The van der Waals surface area contributed by atoms with Crippen LogP contribution in [-0.4, -0.2) is 27.7 Å². The minimum absolute atomic E-state index is 0.0859. The van der Waals surface area contributed by atoms with Crippen molar-refractivity contribution in [3.8, 4) is 11.3 Å². The topological polar surface area (TPSA) is 56.5 Å². The van der Waals surface area contributed by atoms with Gasteiger partial charge >= 0.3 is 12.1 Å². The van der Waals surface area contributed by atoms with Gasteiger partial charge in [0.15, 0.2) is 17.0 Å². The van der Waals surface area contributed by atoms with Gasteiger partial charge in [-0.15, -0.1) is 0 Å². The number of methoxy groups -OCH3 is 1. The summed E-state index contributed by atoms with van der Waals surface area (Å²) < 4.78 is 45.1. The highest BCUT2D eigenvalue weighted by Gasteiger charge is 2.35. The third kappa shape index (κ3) is 2.92. The summed E-state index contributed by atoms with van der Waals surface area (Å²) in [7, 11) is 1.11. The van der Waals surface area contributed by atoms with E-state index in [9.17, 15) is 18.0 Å². The molecule has 0 radical (unpaired) electrons. The molecule has 124 valence electrons. The molecule has 3 aromatic rings. The van der Waals surface area contributed by atoms with E-state index in [0.717, 1.165) is 19.2 Å². The van der Waals surface area contributed by atoms with Gasteiger partial charge in [-0.3, -0.25) is 0 Å². The molecule has 0 amide bonds. The molecule has 0 spiro atoms. The predicted molar refractivity (Wildman–Crippen MR) is 79.8 cm³/mol. The van der Waals surface area contributed by atoms with E-state index < -0.39 is 17.8 Å². The van der Waals surface area contributed by atoms with E-state index in [1.807, 2.05) is 0 Å². The lowest BCUT2D eigenvalue weighted by molar-refractivity contribution is -0.142. The molecule has 9 heteroatoms. The Hall–Kier alpha value is -2.61. The molecule has 5 nitrogen and oxygen atoms in total. The first-order valence-electron chi connectivity index (χ1n) is 6.62. The van der Waals surface area contributed by atoms with Crippen LogP contribution in [0.1, 0.15) is 16.2 Å². The smallest absolute Gasteiger partial charge is 0.433 e. The van der Waals surface area contributed by atoms with Gasteiger partial charge in [0.25, 0.3) is 0 Å². The van der Waals surface area contributed by atoms with Gasteiger partial charge in [0.1, 0.15) is 0 Å². The van der Waals surface area contributed by atoms with Crippen LogP contribution in [-0.2, 0) is 10.9 Å². The molecule has 0 unspecified atom stereocenters. The maximum atomic E-state index is 13.3. The number of carbonyl (C=O) groups excluding carboxylic acids is 1. The lowest BCUT2D eigenvalue weighted by atomic mass is 10.1. The zero-order valence-corrected chi connectivity index (χ0v) is 12.9. The van der Waals surface area contributed by atoms with Gasteiger partial charge in [-0.1, -0.05) is 23.7 Å². The van der Waals surface area contributed by atoms with E-state index in [1.165, 1.54) is 0 Å². The minimum Gasteiger partial charge on any atom is -0.464 e. The molecule has 2 aromatic heterocycles. The van der Waals surface area contributed by atoms with Crippen LogP contribution in [0, 0.1) is 0 Å². The zero-order valence-electron chi connectivity index (χ0n) is 12.1. The van der Waals surface area contributed by atoms with Gasteiger partial charge in [0.2, 0.25) is 0 Å². The largest absolute Gasteiger partial charge is 0.464 e. The SMILES string of the molecule is COC(=O)c1cc2nc(-c3ccc(Cl)cc3)cc(C(F)(F)F)n2n1. The summed E-state index contributed by atoms with van der Waals surface area (Å²) in [5.41, 5.74) is -0.887. The average Bonchev–Trinajstić information content (AvgIpc) is 2.96. The van der Waals surface area contributed by atoms with Gasteiger partial charge in [-0.25, -0.2) is 14.3 Å². The Bertz CT molecular complexity index is 920. The number of nitrogens with zero attached hydrogens (tertiary/aromatic N) is 3. The first-order chi connectivity index (χ1) is 11.3. The Morgan fingerprint density at radius 1 is 1.21 bits per heavy atom. The molecule has 0 saturated heterocycles. The minimum atomic E-state index is -4.68. The number of hydrogen-bond acceptors (Lipinski definition) is 4. The van der Waals surface area contributed by atoms with Crippen molar-refractivity contribution in [1.82, 2.24) is 14.6 Å². The summed E-state index contributed by atoms with van der Waals surface area (Å²) in [6, 6.07) is 8.21. The highest BCUT2D eigenvalue weighted by molar-refractivity contribution is 6.30. The number of aromatic nitrogens is 3. The number of esters is 1. The van der Waals surface area contributed by atoms with Crippen molar-refractivity contribution < 1.29 is 22.7 Å². The lowest BCUT2D eigenvalue weighted by Crippen LogP contribution is -2.14. The third-order valence-corrected chi connectivity index (χ3v) is 3.50. The van der Waals surface area contributed by atoms with Crippen molar-refractivity contribution in [3.63, 3.8) is 0 Å². The average molecular weight is 356 g/mol. The summed E-state index contributed by atoms with van der Waals surface area (Å²) in [4.78, 5) is 15.7. The van der Waals surface area contributed by atoms with Crippen molar-refractivity contribution >= 4 is 23.2 Å². The van der Waals surface area contributed by atoms with Gasteiger partial charge in [-0.2, -0.15) is 18.3 Å². The van der Waals surface area contributed by atoms with Crippen LogP contribution in [0.2, 0.25) is 5.02 Å². The molecule has 0 aliphatic heterocycles. The van der Waals surface area contributed by atoms with Crippen molar-refractivity contribution in [2.24, 2.45) is 0 Å². The normalized spacial score (nSPS) is 11.7. The number of benzene rings is 1. The van der Waals surface area contributed by atoms with Gasteiger partial charge in [-0.05, 0) is 18.2 Å². The fraction of sp³-hybridized carbons (Fsp3) is 0.133. The molecule has 3 rings (SSSR count). The van der Waals surface area contributed by atoms with E-state index in [2.05, 4.69) is 14.8 Å². The molecule has 0 fully saturated rings. The van der Waals surface area contributed by atoms with Gasteiger partial charge in [0.05, 0.1) is 12.8 Å². The molecular weight excluding hydrogens is 347 g/mol. The highest BCUT2D eigenvalue weighted by Crippen LogP contribution is 2.32. The summed E-state index contributed by atoms with van der Waals surface area (Å²) in [6.07, 6.45) is -4.68. The second-order valence-electron chi connectivity index (χ2n) is 4.82. The highest BCUT2D eigenvalue weighted by atomic mass is 35.5. The van der Waals surface area contributed by atoms with Gasteiger partial charge < -0.3 is 4.74 Å². The van der Waals surface area contributed by atoms with E-state index >= 15 is 0 Å². The Morgan fingerprint density at radius 3 is 2.46 bits per heavy atom. The van der Waals surface area contributed by atoms with Crippen molar-refractivity contribution in [1.29, 1.82) is 0 Å². The lowest BCUT2D eigenvalue weighted by Gasteiger charge is -2.11. The predicted octanol–water partition coefficient (Wildman–Crippen LogP) is 3.86. The summed E-state index contributed by atoms with van der Waals surface area (Å²) in [5, 5.41) is 4.09. The fourth-order valence-electron chi connectivity index (χ4n) is 2.15. The molecular formula is C15H9ClF3N3O2. The molecule has 0 aliphatic carbocycles. The summed E-state index contributed by atoms with van der Waals surface area (Å²) >= 11 is 5.79. The Kier molecular flexibility index (Phi) is 3.92. The maximum absolute atomic E-state index is 13.3. The molecule has 0 bridgehead atoms. The molecule has 1 aromatic carbocycles. The Balaban J connectivity index is 2.25. The van der Waals surface area contributed by atoms with E-state index in [-0.39, 0.29) is 17.0 Å². The number of hydrogen-bond donors (Lipinski definition) is 0. The monoisotopic (exact) mass is 355 g/mol. The third-order valence-electron chi connectivity index (χ3n) is 3.25. The van der Waals surface area contributed by atoms with Crippen LogP contribution >= 0.6 is 11.6 Å². The molecule has 24 heavy (non-hydrogen) atoms. The number of fused-ring (bicyclic) bond motifs is 1. The maximum Gasteiger partial charge on any atom is 0.433 e. The first kappa shape index (κ1) is 16.3. The van der Waals surface area contributed by atoms with Crippen LogP contribution in [0.25, 0.3) is 16.9 Å². The molecule has 2 heterocycles. The van der Waals surface area contributed by atoms with E-state index in [1.54, 1.807) is 24.3 Å². The second-order valence-corrected chi connectivity index (χ2v) is 5.26. The molecule has 0 atom stereocenters. The number of halogens is 4. The van der Waals surface area contributed by atoms with Crippen LogP contribution < -0.4 is 0 Å². The standard InChI is InChI=1S/C15H9ClF3N3O2/c1-24-14(23)11-7-13-20-10(8-2-4-9(16)5-3-8)6-12(15(17,18)19)22(13)21-11/h2-7H,1H3. The van der Waals surface area contributed by atoms with Crippen LogP contribution in [0.15, 0.2) is 36.4 Å². The fourth-order valence-corrected chi connectivity index (χ4v) is 2.28. The molecule has 0 N–H and O–H groups in total. The Morgan fingerprint density at radius 2 is 1.88 bits per heavy atom. The van der Waals surface area contributed by atoms with Crippen LogP contribution in [0.3, 0.4) is 0 Å². The zero-order chi connectivity index (χ0) is 17.5. The second kappa shape index (κ2) is 5.79. The quantitative estimate of drug-likeness (QED) is 0.655. The number of carbonyl (C=O) groups is 1. The number of rotatable bonds is 2. The van der Waals surface area contributed by atoms with E-state index in [0.29, 0.717) is 15.1 Å². The summed E-state index contributed by atoms with van der Waals surface area (Å²) in [6.45, 7) is 0. The van der Waals surface area contributed by atoms with Crippen molar-refractivity contribution in [3.05, 3.63) is 52.8 Å². The van der Waals surface area contributed by atoms with Crippen LogP contribution in [0.4, 0.5) is 13.2 Å². The Labute approximate surface area is 138 Å². The van der Waals surface area contributed by atoms with Crippen molar-refractivity contribution in [2.75, 3.05) is 7.11 Å². The summed E-state index contributed by atoms with van der Waals surface area (Å²) in [5.74, 6) is -0.846. The van der Waals surface area contributed by atoms with E-state index in [4.69, 9.17) is 11.6 Å². The molecule has 0 saturated carbocycles. The number of alkyl halides is 3. The van der Waals surface area contributed by atoms with Crippen LogP contribution in [0.5, 0.6) is 0 Å².